The average molecular weight is 677 g/mol. The highest BCUT2D eigenvalue weighted by Crippen LogP contribution is 2.42. The quantitative estimate of drug-likeness (QED) is 0.175. The van der Waals surface area contributed by atoms with E-state index in [1.165, 1.54) is 0 Å². The second kappa shape index (κ2) is 13.3. The molecular formula is C48H28N4O. The summed E-state index contributed by atoms with van der Waals surface area (Å²) in [5.74, 6) is 0. The van der Waals surface area contributed by atoms with Crippen LogP contribution in [0, 0.1) is 22.7 Å². The van der Waals surface area contributed by atoms with Gasteiger partial charge in [-0.2, -0.15) is 10.5 Å². The van der Waals surface area contributed by atoms with Crippen molar-refractivity contribution in [2.45, 2.75) is 0 Å². The van der Waals surface area contributed by atoms with E-state index < -0.39 is 0 Å². The molecule has 6 aromatic carbocycles. The lowest BCUT2D eigenvalue weighted by Gasteiger charge is -2.12. The molecule has 0 saturated carbocycles. The molecule has 3 aromatic heterocycles. The number of nitrogens with zero attached hydrogens (tertiary/aromatic N) is 4. The maximum absolute atomic E-state index is 9.22. The molecule has 0 aliphatic carbocycles. The zero-order chi connectivity index (χ0) is 35.7. The van der Waals surface area contributed by atoms with Gasteiger partial charge in [0.05, 0.1) is 34.7 Å². The minimum absolute atomic E-state index is 0.616. The van der Waals surface area contributed by atoms with Gasteiger partial charge in [0, 0.05) is 56.5 Å². The van der Waals surface area contributed by atoms with E-state index in [1.807, 2.05) is 91.3 Å². The van der Waals surface area contributed by atoms with Crippen LogP contribution in [0.2, 0.25) is 0 Å². The number of rotatable bonds is 6. The van der Waals surface area contributed by atoms with Crippen LogP contribution in [0.1, 0.15) is 11.1 Å². The molecule has 0 radical (unpaired) electrons. The van der Waals surface area contributed by atoms with Gasteiger partial charge in [-0.1, -0.05) is 103 Å². The highest BCUT2D eigenvalue weighted by Gasteiger charge is 2.17. The predicted octanol–water partition coefficient (Wildman–Crippen LogP) is 12.1. The Kier molecular flexibility index (Phi) is 7.86. The minimum atomic E-state index is 0.616. The van der Waals surface area contributed by atoms with E-state index in [1.54, 1.807) is 0 Å². The number of nitriles is 2. The van der Waals surface area contributed by atoms with Crippen molar-refractivity contribution in [2.75, 3.05) is 0 Å². The van der Waals surface area contributed by atoms with E-state index in [4.69, 9.17) is 14.4 Å². The monoisotopic (exact) mass is 676 g/mol. The van der Waals surface area contributed by atoms with Crippen LogP contribution in [0.15, 0.2) is 175 Å². The fraction of sp³-hybridized carbons (Fsp3) is 0. The first-order valence-corrected chi connectivity index (χ1v) is 17.2. The summed E-state index contributed by atoms with van der Waals surface area (Å²) in [6.45, 7) is 0. The number of hydrogen-bond acceptors (Lipinski definition) is 5. The maximum Gasteiger partial charge on any atom is 0.143 e. The van der Waals surface area contributed by atoms with Gasteiger partial charge < -0.3 is 4.42 Å². The topological polar surface area (TPSA) is 86.5 Å². The number of aromatic nitrogens is 2. The summed E-state index contributed by atoms with van der Waals surface area (Å²) >= 11 is 0. The van der Waals surface area contributed by atoms with Gasteiger partial charge in [-0.25, -0.2) is 0 Å². The molecule has 5 nitrogen and oxygen atoms in total. The van der Waals surface area contributed by atoms with Crippen LogP contribution in [0.25, 0.3) is 89.0 Å². The van der Waals surface area contributed by atoms with Crippen LogP contribution in [-0.2, 0) is 0 Å². The molecule has 9 rings (SSSR count). The molecule has 0 fully saturated rings. The van der Waals surface area contributed by atoms with Crippen molar-refractivity contribution < 1.29 is 4.42 Å². The summed E-state index contributed by atoms with van der Waals surface area (Å²) in [5, 5.41) is 20.6. The van der Waals surface area contributed by atoms with Crippen LogP contribution >= 0.6 is 0 Å². The standard InChI is InChI=1S/C48H28N4O/c49-27-31-12-16-34(17-13-31)45-22-20-36(29-51-45)38-24-39(37-21-23-46(52-30-37)35-18-14-32(28-50)15-19-35)26-40(25-38)42-9-5-11-44-43-10-4-8-41(47(43)53-48(42)44)33-6-2-1-3-7-33/h1-26,29-30H. The fourth-order valence-electron chi connectivity index (χ4n) is 6.91. The number of pyridine rings is 2. The molecule has 0 spiro atoms. The molecule has 53 heavy (non-hydrogen) atoms. The van der Waals surface area contributed by atoms with E-state index in [9.17, 15) is 10.5 Å². The Morgan fingerprint density at radius 1 is 0.377 bits per heavy atom. The number of benzene rings is 6. The fourth-order valence-corrected chi connectivity index (χ4v) is 6.91. The zero-order valence-corrected chi connectivity index (χ0v) is 28.4. The first kappa shape index (κ1) is 31.4. The van der Waals surface area contributed by atoms with Gasteiger partial charge in [0.15, 0.2) is 0 Å². The van der Waals surface area contributed by atoms with Crippen molar-refractivity contribution in [2.24, 2.45) is 0 Å². The molecule has 0 amide bonds. The Balaban J connectivity index is 1.18. The largest absolute Gasteiger partial charge is 0.455 e. The molecule has 0 N–H and O–H groups in total. The molecule has 5 heteroatoms. The molecule has 0 saturated heterocycles. The number of furan rings is 1. The zero-order valence-electron chi connectivity index (χ0n) is 28.4. The molecule has 0 unspecified atom stereocenters. The predicted molar refractivity (Wildman–Crippen MR) is 211 cm³/mol. The Bertz CT molecular complexity index is 2740. The van der Waals surface area contributed by atoms with Crippen molar-refractivity contribution in [3.05, 3.63) is 181 Å². The Morgan fingerprint density at radius 3 is 1.28 bits per heavy atom. The van der Waals surface area contributed by atoms with Crippen LogP contribution in [0.5, 0.6) is 0 Å². The number of hydrogen-bond donors (Lipinski definition) is 0. The highest BCUT2D eigenvalue weighted by molar-refractivity contribution is 6.13. The van der Waals surface area contributed by atoms with Gasteiger partial charge in [0.25, 0.3) is 0 Å². The van der Waals surface area contributed by atoms with Gasteiger partial charge in [-0.3, -0.25) is 9.97 Å². The molecule has 0 aliphatic rings. The van der Waals surface area contributed by atoms with E-state index >= 15 is 0 Å². The summed E-state index contributed by atoms with van der Waals surface area (Å²) in [6.07, 6.45) is 3.80. The SMILES string of the molecule is N#Cc1ccc(-c2ccc(-c3cc(-c4ccc(-c5ccc(C#N)cc5)nc4)cc(-c4cccc5c4oc4c(-c6ccccc6)cccc45)c3)cn2)cc1. The van der Waals surface area contributed by atoms with Crippen molar-refractivity contribution in [1.82, 2.24) is 9.97 Å². The molecular weight excluding hydrogens is 649 g/mol. The summed E-state index contributed by atoms with van der Waals surface area (Å²) in [4.78, 5) is 9.65. The average Bonchev–Trinajstić information content (AvgIpc) is 3.63. The molecule has 0 aliphatic heterocycles. The van der Waals surface area contributed by atoms with Crippen molar-refractivity contribution in [3.63, 3.8) is 0 Å². The molecule has 0 bridgehead atoms. The van der Waals surface area contributed by atoms with E-state index in [-0.39, 0.29) is 0 Å². The minimum Gasteiger partial charge on any atom is -0.455 e. The highest BCUT2D eigenvalue weighted by atomic mass is 16.3. The van der Waals surface area contributed by atoms with Crippen LogP contribution in [0.4, 0.5) is 0 Å². The van der Waals surface area contributed by atoms with Crippen LogP contribution < -0.4 is 0 Å². The lowest BCUT2D eigenvalue weighted by atomic mass is 9.93. The van der Waals surface area contributed by atoms with Gasteiger partial charge in [-0.15, -0.1) is 0 Å². The van der Waals surface area contributed by atoms with Crippen molar-refractivity contribution in [3.8, 4) is 79.2 Å². The van der Waals surface area contributed by atoms with Crippen molar-refractivity contribution >= 4 is 21.9 Å². The summed E-state index contributed by atoms with van der Waals surface area (Å²) in [7, 11) is 0. The van der Waals surface area contributed by atoms with E-state index in [2.05, 4.69) is 91.0 Å². The normalized spacial score (nSPS) is 11.0. The maximum atomic E-state index is 9.22. The molecule has 0 atom stereocenters. The first-order valence-electron chi connectivity index (χ1n) is 17.2. The Morgan fingerprint density at radius 2 is 0.830 bits per heavy atom. The second-order valence-electron chi connectivity index (χ2n) is 12.9. The first-order chi connectivity index (χ1) is 26.1. The van der Waals surface area contributed by atoms with Crippen LogP contribution in [-0.4, -0.2) is 9.97 Å². The number of fused-ring (bicyclic) bond motifs is 3. The second-order valence-corrected chi connectivity index (χ2v) is 12.9. The van der Waals surface area contributed by atoms with Crippen LogP contribution in [0.3, 0.4) is 0 Å². The third kappa shape index (κ3) is 5.89. The van der Waals surface area contributed by atoms with Crippen molar-refractivity contribution in [1.29, 1.82) is 10.5 Å². The summed E-state index contributed by atoms with van der Waals surface area (Å²) in [6, 6.07) is 57.1. The summed E-state index contributed by atoms with van der Waals surface area (Å²) in [5.41, 5.74) is 14.6. The molecule has 246 valence electrons. The van der Waals surface area contributed by atoms with Gasteiger partial charge in [0.1, 0.15) is 11.2 Å². The van der Waals surface area contributed by atoms with Gasteiger partial charge in [-0.05, 0) is 76.9 Å². The Labute approximate surface area is 306 Å². The third-order valence-corrected chi connectivity index (χ3v) is 9.67. The van der Waals surface area contributed by atoms with E-state index in [0.29, 0.717) is 11.1 Å². The lowest BCUT2D eigenvalue weighted by Crippen LogP contribution is -1.90. The molecule has 3 heterocycles. The molecule has 9 aromatic rings. The lowest BCUT2D eigenvalue weighted by molar-refractivity contribution is 0.671. The van der Waals surface area contributed by atoms with Gasteiger partial charge >= 0.3 is 0 Å². The van der Waals surface area contributed by atoms with E-state index in [0.717, 1.165) is 89.0 Å². The van der Waals surface area contributed by atoms with Gasteiger partial charge in [0.2, 0.25) is 0 Å². The third-order valence-electron chi connectivity index (χ3n) is 9.67. The number of para-hydroxylation sites is 2. The Hall–Kier alpha value is -7.60. The summed E-state index contributed by atoms with van der Waals surface area (Å²) < 4.78 is 6.81. The smallest absolute Gasteiger partial charge is 0.143 e.